The van der Waals surface area contributed by atoms with Gasteiger partial charge in [-0.2, -0.15) is 0 Å². The molecule has 3 nitrogen and oxygen atoms in total. The van der Waals surface area contributed by atoms with Crippen molar-refractivity contribution < 1.29 is 8.42 Å². The highest BCUT2D eigenvalue weighted by Gasteiger charge is 2.22. The largest absolute Gasteiger partial charge is 0.241 e. The van der Waals surface area contributed by atoms with E-state index in [1.807, 2.05) is 13.0 Å². The minimum Gasteiger partial charge on any atom is -0.208 e. The van der Waals surface area contributed by atoms with Crippen molar-refractivity contribution in [1.29, 1.82) is 0 Å². The first kappa shape index (κ1) is 19.1. The Kier molecular flexibility index (Phi) is 7.88. The topological polar surface area (TPSA) is 46.2 Å². The fourth-order valence-electron chi connectivity index (χ4n) is 2.18. The predicted molar refractivity (Wildman–Crippen MR) is 95.1 cm³/mol. The van der Waals surface area contributed by atoms with Gasteiger partial charge in [0.2, 0.25) is 10.0 Å². The Morgan fingerprint density at radius 3 is 2.33 bits per heavy atom. The van der Waals surface area contributed by atoms with Crippen molar-refractivity contribution in [2.45, 2.75) is 63.8 Å². The quantitative estimate of drug-likeness (QED) is 0.606. The zero-order chi connectivity index (χ0) is 16.0. The fraction of sp³-hybridized carbons (Fsp3) is 0.600. The number of nitrogens with one attached hydrogen (secondary N) is 1. The van der Waals surface area contributed by atoms with Crippen molar-refractivity contribution in [3.8, 4) is 0 Å². The van der Waals surface area contributed by atoms with Gasteiger partial charge in [-0.1, -0.05) is 49.0 Å². The first-order chi connectivity index (χ1) is 9.81. The van der Waals surface area contributed by atoms with Crippen molar-refractivity contribution in [3.63, 3.8) is 0 Å². The summed E-state index contributed by atoms with van der Waals surface area (Å²) in [6.45, 7) is 6.12. The van der Waals surface area contributed by atoms with Crippen molar-refractivity contribution in [2.24, 2.45) is 0 Å². The Morgan fingerprint density at radius 1 is 1.10 bits per heavy atom. The van der Waals surface area contributed by atoms with Gasteiger partial charge < -0.3 is 0 Å². The molecule has 0 aliphatic rings. The average Bonchev–Trinajstić information content (AvgIpc) is 2.40. The standard InChI is InChI=1S/C15H23Br2NO2S/c1-4-6-8-12(7-5-2)18-21(19,20)15-10-13(16)11(3)9-14(15)17/h9-10,12,18H,4-8H2,1-3H3. The van der Waals surface area contributed by atoms with Crippen LogP contribution in [0.5, 0.6) is 0 Å². The lowest BCUT2D eigenvalue weighted by molar-refractivity contribution is 0.483. The molecule has 21 heavy (non-hydrogen) atoms. The molecule has 1 aromatic rings. The lowest BCUT2D eigenvalue weighted by atomic mass is 10.1. The van der Waals surface area contributed by atoms with Gasteiger partial charge in [0.15, 0.2) is 0 Å². The SMILES string of the molecule is CCCCC(CCC)NS(=O)(=O)c1cc(Br)c(C)cc1Br. The van der Waals surface area contributed by atoms with Crippen molar-refractivity contribution in [1.82, 2.24) is 4.72 Å². The van der Waals surface area contributed by atoms with Crippen LogP contribution < -0.4 is 4.72 Å². The molecule has 1 N–H and O–H groups in total. The fourth-order valence-corrected chi connectivity index (χ4v) is 5.16. The molecule has 0 aromatic heterocycles. The van der Waals surface area contributed by atoms with E-state index in [0.29, 0.717) is 4.47 Å². The van der Waals surface area contributed by atoms with E-state index in [4.69, 9.17) is 0 Å². The Labute approximate surface area is 145 Å². The van der Waals surface area contributed by atoms with Gasteiger partial charge >= 0.3 is 0 Å². The highest BCUT2D eigenvalue weighted by Crippen LogP contribution is 2.29. The molecule has 0 saturated heterocycles. The summed E-state index contributed by atoms with van der Waals surface area (Å²) in [5.74, 6) is 0. The van der Waals surface area contributed by atoms with Crippen LogP contribution in [0.2, 0.25) is 0 Å². The number of hydrogen-bond donors (Lipinski definition) is 1. The van der Waals surface area contributed by atoms with Gasteiger partial charge in [-0.15, -0.1) is 0 Å². The molecule has 0 aliphatic heterocycles. The van der Waals surface area contributed by atoms with Crippen LogP contribution >= 0.6 is 31.9 Å². The second-order valence-corrected chi connectivity index (χ2v) is 8.67. The Hall–Kier alpha value is 0.0900. The third-order valence-electron chi connectivity index (χ3n) is 3.37. The number of hydrogen-bond acceptors (Lipinski definition) is 2. The predicted octanol–water partition coefficient (Wildman–Crippen LogP) is 5.16. The van der Waals surface area contributed by atoms with Crippen LogP contribution in [0.4, 0.5) is 0 Å². The van der Waals surface area contributed by atoms with E-state index in [1.54, 1.807) is 6.07 Å². The number of aryl methyl sites for hydroxylation is 1. The van der Waals surface area contributed by atoms with Gasteiger partial charge in [0.1, 0.15) is 0 Å². The van der Waals surface area contributed by atoms with Crippen LogP contribution in [-0.4, -0.2) is 14.5 Å². The summed E-state index contributed by atoms with van der Waals surface area (Å²) in [6, 6.07) is 3.48. The molecule has 0 bridgehead atoms. The van der Waals surface area contributed by atoms with Gasteiger partial charge in [0.05, 0.1) is 4.90 Å². The summed E-state index contributed by atoms with van der Waals surface area (Å²) in [6.07, 6.45) is 4.82. The van der Waals surface area contributed by atoms with E-state index in [1.165, 1.54) is 0 Å². The van der Waals surface area contributed by atoms with Crippen molar-refractivity contribution in [2.75, 3.05) is 0 Å². The van der Waals surface area contributed by atoms with E-state index in [2.05, 4.69) is 50.4 Å². The molecule has 0 aliphatic carbocycles. The molecular weight excluding hydrogens is 418 g/mol. The van der Waals surface area contributed by atoms with Crippen LogP contribution in [0.1, 0.15) is 51.5 Å². The minimum absolute atomic E-state index is 0.00642. The van der Waals surface area contributed by atoms with E-state index in [9.17, 15) is 8.42 Å². The number of sulfonamides is 1. The summed E-state index contributed by atoms with van der Waals surface area (Å²) < 4.78 is 29.5. The lowest BCUT2D eigenvalue weighted by Gasteiger charge is -2.19. The molecule has 1 rings (SSSR count). The molecule has 0 spiro atoms. The number of rotatable bonds is 8. The minimum atomic E-state index is -3.51. The van der Waals surface area contributed by atoms with Gasteiger partial charge in [-0.3, -0.25) is 0 Å². The number of benzene rings is 1. The second kappa shape index (κ2) is 8.65. The molecule has 0 saturated carbocycles. The molecule has 0 radical (unpaired) electrons. The maximum absolute atomic E-state index is 12.6. The smallest absolute Gasteiger partial charge is 0.208 e. The molecule has 120 valence electrons. The van der Waals surface area contributed by atoms with E-state index in [-0.39, 0.29) is 10.9 Å². The summed E-state index contributed by atoms with van der Waals surface area (Å²) in [7, 11) is -3.51. The lowest BCUT2D eigenvalue weighted by Crippen LogP contribution is -2.35. The molecule has 6 heteroatoms. The molecular formula is C15H23Br2NO2S. The number of halogens is 2. The summed E-state index contributed by atoms with van der Waals surface area (Å²) in [5.41, 5.74) is 0.997. The Balaban J connectivity index is 3.01. The van der Waals surface area contributed by atoms with E-state index >= 15 is 0 Å². The molecule has 1 atom stereocenters. The average molecular weight is 441 g/mol. The van der Waals surface area contributed by atoms with Gasteiger partial charge in [0, 0.05) is 15.0 Å². The Bertz CT molecular complexity index is 573. The summed E-state index contributed by atoms with van der Waals surface area (Å²) in [5, 5.41) is 0. The summed E-state index contributed by atoms with van der Waals surface area (Å²) >= 11 is 6.76. The van der Waals surface area contributed by atoms with Gasteiger partial charge in [-0.25, -0.2) is 13.1 Å². The third-order valence-corrected chi connectivity index (χ3v) is 6.70. The third kappa shape index (κ3) is 5.66. The number of unbranched alkanes of at least 4 members (excludes halogenated alkanes) is 1. The van der Waals surface area contributed by atoms with Crippen molar-refractivity contribution in [3.05, 3.63) is 26.6 Å². The molecule has 0 amide bonds. The van der Waals surface area contributed by atoms with Crippen molar-refractivity contribution >= 4 is 41.9 Å². The van der Waals surface area contributed by atoms with E-state index < -0.39 is 10.0 Å². The van der Waals surface area contributed by atoms with Crippen LogP contribution in [0.25, 0.3) is 0 Å². The second-order valence-electron chi connectivity index (χ2n) is 5.28. The normalized spacial score (nSPS) is 13.4. The first-order valence-corrected chi connectivity index (χ1v) is 10.4. The maximum atomic E-state index is 12.6. The van der Waals surface area contributed by atoms with Crippen LogP contribution in [-0.2, 0) is 10.0 Å². The van der Waals surface area contributed by atoms with Crippen LogP contribution in [0.15, 0.2) is 26.0 Å². The zero-order valence-electron chi connectivity index (χ0n) is 12.7. The van der Waals surface area contributed by atoms with Gasteiger partial charge in [-0.05, 0) is 53.4 Å². The zero-order valence-corrected chi connectivity index (χ0v) is 16.7. The van der Waals surface area contributed by atoms with Crippen LogP contribution in [0.3, 0.4) is 0 Å². The molecule has 0 fully saturated rings. The summed E-state index contributed by atoms with van der Waals surface area (Å²) in [4.78, 5) is 0.289. The van der Waals surface area contributed by atoms with Crippen LogP contribution in [0, 0.1) is 6.92 Å². The maximum Gasteiger partial charge on any atom is 0.241 e. The van der Waals surface area contributed by atoms with E-state index in [0.717, 1.165) is 42.1 Å². The monoisotopic (exact) mass is 439 g/mol. The molecule has 1 unspecified atom stereocenters. The highest BCUT2D eigenvalue weighted by atomic mass is 79.9. The first-order valence-electron chi connectivity index (χ1n) is 7.29. The molecule has 0 heterocycles. The highest BCUT2D eigenvalue weighted by molar-refractivity contribution is 9.11. The molecule has 1 aromatic carbocycles. The Morgan fingerprint density at radius 2 is 1.76 bits per heavy atom. The van der Waals surface area contributed by atoms with Gasteiger partial charge in [0.25, 0.3) is 0 Å².